The van der Waals surface area contributed by atoms with E-state index in [1.165, 1.54) is 12.4 Å². The molecule has 0 bridgehead atoms. The van der Waals surface area contributed by atoms with Crippen molar-refractivity contribution in [1.29, 1.82) is 0 Å². The summed E-state index contributed by atoms with van der Waals surface area (Å²) in [5, 5.41) is 1.04. The van der Waals surface area contributed by atoms with Gasteiger partial charge in [0.25, 0.3) is 0 Å². The fourth-order valence-corrected chi connectivity index (χ4v) is 1.43. The van der Waals surface area contributed by atoms with Crippen molar-refractivity contribution >= 4 is 29.5 Å². The highest BCUT2D eigenvalue weighted by molar-refractivity contribution is 6.35. The van der Waals surface area contributed by atoms with E-state index in [9.17, 15) is 4.79 Å². The molecule has 0 spiro atoms. The molecule has 0 aliphatic rings. The number of hydrogen-bond acceptors (Lipinski definition) is 2. The highest BCUT2D eigenvalue weighted by Gasteiger charge is 2.04. The molecule has 0 aromatic carbocycles. The number of carbonyl (C=O) groups excluding carboxylic acids is 1. The zero-order valence-corrected chi connectivity index (χ0v) is 7.77. The van der Waals surface area contributed by atoms with Crippen LogP contribution in [-0.4, -0.2) is 11.3 Å². The molecule has 0 atom stereocenters. The molecule has 1 aromatic rings. The fourth-order valence-electron chi connectivity index (χ4n) is 0.880. The maximum atomic E-state index is 10.1. The van der Waals surface area contributed by atoms with Gasteiger partial charge in [0, 0.05) is 18.8 Å². The van der Waals surface area contributed by atoms with E-state index in [0.29, 0.717) is 22.9 Å². The van der Waals surface area contributed by atoms with Crippen LogP contribution < -0.4 is 0 Å². The molecule has 4 heteroatoms. The Morgan fingerprint density at radius 1 is 1.33 bits per heavy atom. The van der Waals surface area contributed by atoms with Crippen molar-refractivity contribution in [2.45, 2.75) is 12.8 Å². The molecule has 0 fully saturated rings. The molecule has 0 unspecified atom stereocenters. The SMILES string of the molecule is O=CCCc1c(Cl)cncc1Cl. The lowest BCUT2D eigenvalue weighted by Crippen LogP contribution is -1.90. The van der Waals surface area contributed by atoms with Crippen molar-refractivity contribution in [3.05, 3.63) is 28.0 Å². The minimum absolute atomic E-state index is 0.434. The van der Waals surface area contributed by atoms with Crippen molar-refractivity contribution < 1.29 is 4.79 Å². The average Bonchev–Trinajstić information content (AvgIpc) is 2.04. The number of carbonyl (C=O) groups is 1. The fraction of sp³-hybridized carbons (Fsp3) is 0.250. The van der Waals surface area contributed by atoms with Crippen molar-refractivity contribution in [2.75, 3.05) is 0 Å². The largest absolute Gasteiger partial charge is 0.303 e. The summed E-state index contributed by atoms with van der Waals surface area (Å²) < 4.78 is 0. The molecule has 0 aliphatic heterocycles. The molecule has 1 heterocycles. The Balaban J connectivity index is 2.88. The van der Waals surface area contributed by atoms with Gasteiger partial charge >= 0.3 is 0 Å². The minimum Gasteiger partial charge on any atom is -0.303 e. The molecular formula is C8H7Cl2NO. The van der Waals surface area contributed by atoms with Gasteiger partial charge in [-0.25, -0.2) is 0 Å². The van der Waals surface area contributed by atoms with Crippen LogP contribution in [0.3, 0.4) is 0 Å². The molecule has 0 saturated carbocycles. The summed E-state index contributed by atoms with van der Waals surface area (Å²) in [6.07, 6.45) is 4.89. The zero-order chi connectivity index (χ0) is 8.97. The van der Waals surface area contributed by atoms with Gasteiger partial charge in [-0.2, -0.15) is 0 Å². The quantitative estimate of drug-likeness (QED) is 0.708. The number of rotatable bonds is 3. The lowest BCUT2D eigenvalue weighted by Gasteiger charge is -2.02. The minimum atomic E-state index is 0.434. The second kappa shape index (κ2) is 4.43. The van der Waals surface area contributed by atoms with Crippen LogP contribution >= 0.6 is 23.2 Å². The molecule has 1 rings (SSSR count). The normalized spacial score (nSPS) is 9.83. The number of pyridine rings is 1. The third-order valence-corrected chi connectivity index (χ3v) is 2.12. The predicted molar refractivity (Wildman–Crippen MR) is 48.6 cm³/mol. The molecule has 0 aliphatic carbocycles. The van der Waals surface area contributed by atoms with Crippen LogP contribution in [-0.2, 0) is 11.2 Å². The summed E-state index contributed by atoms with van der Waals surface area (Å²) in [6, 6.07) is 0. The van der Waals surface area contributed by atoms with Gasteiger partial charge in [-0.1, -0.05) is 23.2 Å². The van der Waals surface area contributed by atoms with Gasteiger partial charge in [0.2, 0.25) is 0 Å². The van der Waals surface area contributed by atoms with Gasteiger partial charge in [0.15, 0.2) is 0 Å². The summed E-state index contributed by atoms with van der Waals surface area (Å²) in [4.78, 5) is 13.9. The van der Waals surface area contributed by atoms with Gasteiger partial charge in [0.1, 0.15) is 6.29 Å². The molecule has 0 saturated heterocycles. The van der Waals surface area contributed by atoms with E-state index in [4.69, 9.17) is 23.2 Å². The second-order valence-electron chi connectivity index (χ2n) is 2.29. The Bertz CT molecular complexity index is 268. The zero-order valence-electron chi connectivity index (χ0n) is 6.26. The van der Waals surface area contributed by atoms with Gasteiger partial charge in [0.05, 0.1) is 10.0 Å². The van der Waals surface area contributed by atoms with E-state index in [0.717, 1.165) is 11.8 Å². The van der Waals surface area contributed by atoms with Crippen LogP contribution in [0.15, 0.2) is 12.4 Å². The summed E-state index contributed by atoms with van der Waals surface area (Å²) in [7, 11) is 0. The number of aromatic nitrogens is 1. The molecular weight excluding hydrogens is 197 g/mol. The number of halogens is 2. The van der Waals surface area contributed by atoms with E-state index in [-0.39, 0.29) is 0 Å². The first-order valence-electron chi connectivity index (χ1n) is 3.47. The predicted octanol–water partition coefficient (Wildman–Crippen LogP) is 2.52. The van der Waals surface area contributed by atoms with Crippen LogP contribution in [0.5, 0.6) is 0 Å². The van der Waals surface area contributed by atoms with E-state index in [1.54, 1.807) is 0 Å². The monoisotopic (exact) mass is 203 g/mol. The van der Waals surface area contributed by atoms with Crippen molar-refractivity contribution in [1.82, 2.24) is 4.98 Å². The Labute approximate surface area is 80.5 Å². The van der Waals surface area contributed by atoms with Gasteiger partial charge in [-0.05, 0) is 12.0 Å². The van der Waals surface area contributed by atoms with E-state index in [1.807, 2.05) is 0 Å². The van der Waals surface area contributed by atoms with Gasteiger partial charge in [-0.15, -0.1) is 0 Å². The maximum Gasteiger partial charge on any atom is 0.120 e. The molecule has 2 nitrogen and oxygen atoms in total. The molecule has 0 N–H and O–H groups in total. The molecule has 12 heavy (non-hydrogen) atoms. The lowest BCUT2D eigenvalue weighted by atomic mass is 10.1. The summed E-state index contributed by atoms with van der Waals surface area (Å²) in [5.74, 6) is 0. The first-order valence-corrected chi connectivity index (χ1v) is 4.23. The Kier molecular flexibility index (Phi) is 3.50. The molecule has 1 aromatic heterocycles. The Hall–Kier alpha value is -0.600. The first-order chi connectivity index (χ1) is 5.75. The van der Waals surface area contributed by atoms with Crippen LogP contribution in [0.2, 0.25) is 10.0 Å². The smallest absolute Gasteiger partial charge is 0.120 e. The Morgan fingerprint density at radius 2 is 1.92 bits per heavy atom. The summed E-state index contributed by atoms with van der Waals surface area (Å²) >= 11 is 11.6. The molecule has 64 valence electrons. The molecule has 0 amide bonds. The van der Waals surface area contributed by atoms with Crippen molar-refractivity contribution in [3.8, 4) is 0 Å². The molecule has 0 radical (unpaired) electrons. The third-order valence-electron chi connectivity index (χ3n) is 1.46. The van der Waals surface area contributed by atoms with E-state index in [2.05, 4.69) is 4.98 Å². The highest BCUT2D eigenvalue weighted by Crippen LogP contribution is 2.23. The lowest BCUT2D eigenvalue weighted by molar-refractivity contribution is -0.107. The van der Waals surface area contributed by atoms with Crippen molar-refractivity contribution in [3.63, 3.8) is 0 Å². The summed E-state index contributed by atoms with van der Waals surface area (Å²) in [6.45, 7) is 0. The second-order valence-corrected chi connectivity index (χ2v) is 3.10. The van der Waals surface area contributed by atoms with Gasteiger partial charge < -0.3 is 4.79 Å². The first kappa shape index (κ1) is 9.49. The number of aldehydes is 1. The summed E-state index contributed by atoms with van der Waals surface area (Å²) in [5.41, 5.74) is 0.792. The van der Waals surface area contributed by atoms with Crippen molar-refractivity contribution in [2.24, 2.45) is 0 Å². The topological polar surface area (TPSA) is 30.0 Å². The van der Waals surface area contributed by atoms with E-state index < -0.39 is 0 Å². The average molecular weight is 204 g/mol. The van der Waals surface area contributed by atoms with Gasteiger partial charge in [-0.3, -0.25) is 4.98 Å². The standard InChI is InChI=1S/C8H7Cl2NO/c9-7-4-11-5-8(10)6(7)2-1-3-12/h3-5H,1-2H2. The van der Waals surface area contributed by atoms with E-state index >= 15 is 0 Å². The van der Waals surface area contributed by atoms with Crippen LogP contribution in [0.25, 0.3) is 0 Å². The van der Waals surface area contributed by atoms with Crippen LogP contribution in [0.4, 0.5) is 0 Å². The number of nitrogens with zero attached hydrogens (tertiary/aromatic N) is 1. The van der Waals surface area contributed by atoms with Crippen LogP contribution in [0, 0.1) is 0 Å². The Morgan fingerprint density at radius 3 is 2.42 bits per heavy atom. The number of hydrogen-bond donors (Lipinski definition) is 0. The van der Waals surface area contributed by atoms with Crippen LogP contribution in [0.1, 0.15) is 12.0 Å². The maximum absolute atomic E-state index is 10.1. The highest BCUT2D eigenvalue weighted by atomic mass is 35.5. The third kappa shape index (κ3) is 2.19.